The molecular formula is C12H10N2O6. The van der Waals surface area contributed by atoms with E-state index in [1.807, 2.05) is 0 Å². The van der Waals surface area contributed by atoms with Gasteiger partial charge in [-0.15, -0.1) is 0 Å². The number of esters is 1. The molecule has 0 atom stereocenters. The predicted octanol–water partition coefficient (Wildman–Crippen LogP) is 0.548. The maximum Gasteiger partial charge on any atom is 0.365 e. The first-order valence-corrected chi connectivity index (χ1v) is 5.41. The van der Waals surface area contributed by atoms with Gasteiger partial charge in [-0.1, -0.05) is 11.2 Å². The number of rotatable bonds is 3. The van der Waals surface area contributed by atoms with Crippen LogP contribution < -0.4 is 10.4 Å². The molecule has 8 heteroatoms. The molecule has 1 N–H and O–H groups in total. The van der Waals surface area contributed by atoms with Crippen LogP contribution in [0.25, 0.3) is 11.1 Å². The molecule has 0 radical (unpaired) electrons. The van der Waals surface area contributed by atoms with Gasteiger partial charge in [0.1, 0.15) is 5.52 Å². The lowest BCUT2D eigenvalue weighted by Crippen LogP contribution is -2.25. The highest BCUT2D eigenvalue weighted by Crippen LogP contribution is 2.22. The molecule has 0 unspecified atom stereocenters. The second kappa shape index (κ2) is 5.39. The zero-order chi connectivity index (χ0) is 14.7. The van der Waals surface area contributed by atoms with Gasteiger partial charge in [0.2, 0.25) is 5.71 Å². The second-order valence-electron chi connectivity index (χ2n) is 3.60. The second-order valence-corrected chi connectivity index (χ2v) is 3.60. The average molecular weight is 278 g/mol. The van der Waals surface area contributed by atoms with Crippen molar-refractivity contribution in [3.8, 4) is 5.75 Å². The fourth-order valence-electron chi connectivity index (χ4n) is 1.59. The van der Waals surface area contributed by atoms with Gasteiger partial charge in [-0.3, -0.25) is 0 Å². The SMILES string of the molecule is COC(=O)/C(=N\O)c1nc2cccc(OC)c2oc1=O. The number of carbonyl (C=O) groups excluding carboxylic acids is 1. The third-order valence-electron chi connectivity index (χ3n) is 2.50. The zero-order valence-corrected chi connectivity index (χ0v) is 10.6. The van der Waals surface area contributed by atoms with E-state index in [1.165, 1.54) is 7.11 Å². The molecule has 0 fully saturated rings. The number of fused-ring (bicyclic) bond motifs is 1. The molecule has 20 heavy (non-hydrogen) atoms. The van der Waals surface area contributed by atoms with Gasteiger partial charge in [0.25, 0.3) is 0 Å². The van der Waals surface area contributed by atoms with E-state index in [0.29, 0.717) is 5.75 Å². The summed E-state index contributed by atoms with van der Waals surface area (Å²) in [5.74, 6) is -0.686. The summed E-state index contributed by atoms with van der Waals surface area (Å²) in [7, 11) is 2.50. The van der Waals surface area contributed by atoms with Gasteiger partial charge in [0.15, 0.2) is 17.0 Å². The Labute approximate surface area is 112 Å². The smallest absolute Gasteiger partial charge is 0.365 e. The molecule has 0 amide bonds. The third-order valence-corrected chi connectivity index (χ3v) is 2.50. The van der Waals surface area contributed by atoms with E-state index in [2.05, 4.69) is 14.9 Å². The Hall–Kier alpha value is -2.90. The Morgan fingerprint density at radius 2 is 2.15 bits per heavy atom. The quantitative estimate of drug-likeness (QED) is 0.377. The minimum absolute atomic E-state index is 0.130. The molecule has 0 saturated carbocycles. The lowest BCUT2D eigenvalue weighted by atomic mass is 10.2. The molecule has 1 aromatic heterocycles. The molecule has 1 aromatic carbocycles. The highest BCUT2D eigenvalue weighted by atomic mass is 16.5. The first-order valence-electron chi connectivity index (χ1n) is 5.41. The van der Waals surface area contributed by atoms with Gasteiger partial charge in [0, 0.05) is 0 Å². The maximum atomic E-state index is 11.8. The molecule has 0 aliphatic rings. The molecule has 104 valence electrons. The molecule has 0 spiro atoms. The molecule has 0 saturated heterocycles. The fraction of sp³-hybridized carbons (Fsp3) is 0.167. The molecule has 2 aromatic rings. The number of para-hydroxylation sites is 1. The summed E-state index contributed by atoms with van der Waals surface area (Å²) >= 11 is 0. The van der Waals surface area contributed by atoms with Gasteiger partial charge >= 0.3 is 11.6 Å². The van der Waals surface area contributed by atoms with E-state index < -0.39 is 23.0 Å². The minimum atomic E-state index is -1.01. The minimum Gasteiger partial charge on any atom is -0.493 e. The van der Waals surface area contributed by atoms with E-state index in [-0.39, 0.29) is 11.1 Å². The first kappa shape index (κ1) is 13.5. The highest BCUT2D eigenvalue weighted by Gasteiger charge is 2.23. The number of ether oxygens (including phenoxy) is 2. The standard InChI is InChI=1S/C12H10N2O6/c1-18-7-5-3-4-6-10(7)20-12(16)8(13-6)9(14-17)11(15)19-2/h3-5,17H,1-2H3/b14-9-. The van der Waals surface area contributed by atoms with Crippen molar-refractivity contribution in [1.29, 1.82) is 0 Å². The summed E-state index contributed by atoms with van der Waals surface area (Å²) in [5, 5.41) is 11.5. The Morgan fingerprint density at radius 1 is 1.40 bits per heavy atom. The van der Waals surface area contributed by atoms with E-state index >= 15 is 0 Å². The number of nitrogens with zero attached hydrogens (tertiary/aromatic N) is 2. The largest absolute Gasteiger partial charge is 0.493 e. The lowest BCUT2D eigenvalue weighted by molar-refractivity contribution is -0.132. The van der Waals surface area contributed by atoms with E-state index in [4.69, 9.17) is 14.4 Å². The van der Waals surface area contributed by atoms with Crippen molar-refractivity contribution in [1.82, 2.24) is 4.98 Å². The van der Waals surface area contributed by atoms with Crippen LogP contribution in [0.15, 0.2) is 32.6 Å². The molecule has 1 heterocycles. The molecule has 0 aliphatic carbocycles. The fourth-order valence-corrected chi connectivity index (χ4v) is 1.59. The first-order chi connectivity index (χ1) is 9.62. The van der Waals surface area contributed by atoms with E-state index in [0.717, 1.165) is 7.11 Å². The van der Waals surface area contributed by atoms with Crippen molar-refractivity contribution < 1.29 is 23.9 Å². The van der Waals surface area contributed by atoms with Gasteiger partial charge in [-0.2, -0.15) is 0 Å². The monoisotopic (exact) mass is 278 g/mol. The van der Waals surface area contributed by atoms with Crippen molar-refractivity contribution >= 4 is 22.8 Å². The van der Waals surface area contributed by atoms with Gasteiger partial charge in [0.05, 0.1) is 14.2 Å². The van der Waals surface area contributed by atoms with Crippen molar-refractivity contribution in [2.45, 2.75) is 0 Å². The van der Waals surface area contributed by atoms with Crippen molar-refractivity contribution in [2.24, 2.45) is 5.16 Å². The van der Waals surface area contributed by atoms with Crippen molar-refractivity contribution in [3.05, 3.63) is 34.3 Å². The van der Waals surface area contributed by atoms with Crippen LogP contribution in [0.5, 0.6) is 5.75 Å². The maximum absolute atomic E-state index is 11.8. The number of methoxy groups -OCH3 is 2. The summed E-state index contributed by atoms with van der Waals surface area (Å²) in [6.45, 7) is 0. The number of aromatic nitrogens is 1. The Kier molecular flexibility index (Phi) is 3.65. The average Bonchev–Trinajstić information content (AvgIpc) is 2.47. The highest BCUT2D eigenvalue weighted by molar-refractivity contribution is 6.42. The summed E-state index contributed by atoms with van der Waals surface area (Å²) in [6, 6.07) is 4.77. The van der Waals surface area contributed by atoms with Crippen LogP contribution in [0, 0.1) is 0 Å². The topological polar surface area (TPSA) is 111 Å². The van der Waals surface area contributed by atoms with Crippen LogP contribution in [0.4, 0.5) is 0 Å². The summed E-state index contributed by atoms with van der Waals surface area (Å²) in [5.41, 5.74) is -1.62. The Bertz CT molecular complexity index is 749. The molecule has 8 nitrogen and oxygen atoms in total. The van der Waals surface area contributed by atoms with Crippen LogP contribution in [-0.4, -0.2) is 36.1 Å². The molecule has 0 aliphatic heterocycles. The lowest BCUT2D eigenvalue weighted by Gasteiger charge is -2.05. The number of carbonyl (C=O) groups is 1. The third kappa shape index (κ3) is 2.18. The van der Waals surface area contributed by atoms with Crippen LogP contribution in [0.3, 0.4) is 0 Å². The summed E-state index contributed by atoms with van der Waals surface area (Å²) in [4.78, 5) is 27.2. The van der Waals surface area contributed by atoms with Crippen LogP contribution in [0.2, 0.25) is 0 Å². The van der Waals surface area contributed by atoms with Crippen LogP contribution >= 0.6 is 0 Å². The Morgan fingerprint density at radius 3 is 2.75 bits per heavy atom. The van der Waals surface area contributed by atoms with Gasteiger partial charge in [-0.25, -0.2) is 14.6 Å². The van der Waals surface area contributed by atoms with Gasteiger partial charge in [-0.05, 0) is 12.1 Å². The van der Waals surface area contributed by atoms with E-state index in [9.17, 15) is 9.59 Å². The molecule has 2 rings (SSSR count). The normalized spacial score (nSPS) is 11.4. The number of hydrogen-bond acceptors (Lipinski definition) is 8. The number of benzene rings is 1. The van der Waals surface area contributed by atoms with Crippen LogP contribution in [-0.2, 0) is 9.53 Å². The predicted molar refractivity (Wildman–Crippen MR) is 67.2 cm³/mol. The number of oxime groups is 1. The number of hydrogen-bond donors (Lipinski definition) is 1. The van der Waals surface area contributed by atoms with Crippen molar-refractivity contribution in [3.63, 3.8) is 0 Å². The van der Waals surface area contributed by atoms with Crippen molar-refractivity contribution in [2.75, 3.05) is 14.2 Å². The van der Waals surface area contributed by atoms with Gasteiger partial charge < -0.3 is 19.1 Å². The Balaban J connectivity index is 2.71. The van der Waals surface area contributed by atoms with Crippen LogP contribution in [0.1, 0.15) is 5.69 Å². The molecule has 0 bridgehead atoms. The molecular weight excluding hydrogens is 268 g/mol. The van der Waals surface area contributed by atoms with E-state index in [1.54, 1.807) is 18.2 Å². The summed E-state index contributed by atoms with van der Waals surface area (Å²) in [6.07, 6.45) is 0. The summed E-state index contributed by atoms with van der Waals surface area (Å²) < 4.78 is 14.5. The zero-order valence-electron chi connectivity index (χ0n) is 10.6.